The van der Waals surface area contributed by atoms with Crippen LogP contribution in [0.4, 0.5) is 4.39 Å². The van der Waals surface area contributed by atoms with Gasteiger partial charge in [0.1, 0.15) is 17.5 Å². The first kappa shape index (κ1) is 16.9. The van der Waals surface area contributed by atoms with Crippen molar-refractivity contribution in [1.29, 1.82) is 5.26 Å². The van der Waals surface area contributed by atoms with E-state index in [1.807, 2.05) is 43.3 Å². The molecule has 0 radical (unpaired) electrons. The van der Waals surface area contributed by atoms with E-state index < -0.39 is 11.7 Å². The van der Waals surface area contributed by atoms with Crippen LogP contribution in [-0.2, 0) is 4.79 Å². The zero-order valence-electron chi connectivity index (χ0n) is 12.4. The lowest BCUT2D eigenvalue weighted by atomic mass is 10.1. The van der Waals surface area contributed by atoms with Crippen molar-refractivity contribution in [3.05, 3.63) is 75.5 Å². The van der Waals surface area contributed by atoms with E-state index in [4.69, 9.17) is 0 Å². The number of amides is 1. The zero-order valence-corrected chi connectivity index (χ0v) is 14.0. The SMILES string of the molecule is CC(NC(=O)/C(C#N)=C\c1ccc(Br)cc1F)c1ccccc1. The number of halogens is 2. The molecule has 0 aromatic heterocycles. The second kappa shape index (κ2) is 7.70. The highest BCUT2D eigenvalue weighted by atomic mass is 79.9. The molecule has 2 aromatic carbocycles. The van der Waals surface area contributed by atoms with Crippen LogP contribution in [0, 0.1) is 17.1 Å². The van der Waals surface area contributed by atoms with Crippen LogP contribution in [-0.4, -0.2) is 5.91 Å². The summed E-state index contributed by atoms with van der Waals surface area (Å²) >= 11 is 3.16. The molecule has 0 heterocycles. The van der Waals surface area contributed by atoms with Gasteiger partial charge in [-0.15, -0.1) is 0 Å². The van der Waals surface area contributed by atoms with E-state index in [1.54, 1.807) is 6.07 Å². The molecule has 0 saturated carbocycles. The van der Waals surface area contributed by atoms with E-state index >= 15 is 0 Å². The van der Waals surface area contributed by atoms with E-state index in [1.165, 1.54) is 18.2 Å². The van der Waals surface area contributed by atoms with Gasteiger partial charge in [-0.3, -0.25) is 4.79 Å². The molecule has 3 nitrogen and oxygen atoms in total. The summed E-state index contributed by atoms with van der Waals surface area (Å²) in [7, 11) is 0. The third-order valence-electron chi connectivity index (χ3n) is 3.27. The Balaban J connectivity index is 2.19. The number of nitrogens with zero attached hydrogens (tertiary/aromatic N) is 1. The van der Waals surface area contributed by atoms with Gasteiger partial charge in [0, 0.05) is 10.0 Å². The summed E-state index contributed by atoms with van der Waals surface area (Å²) in [5.41, 5.74) is 0.967. The van der Waals surface area contributed by atoms with Gasteiger partial charge < -0.3 is 5.32 Å². The Morgan fingerprint density at radius 3 is 2.61 bits per heavy atom. The first-order valence-electron chi connectivity index (χ1n) is 6.94. The summed E-state index contributed by atoms with van der Waals surface area (Å²) < 4.78 is 14.4. The van der Waals surface area contributed by atoms with Crippen molar-refractivity contribution in [2.75, 3.05) is 0 Å². The molecule has 5 heteroatoms. The van der Waals surface area contributed by atoms with Crippen LogP contribution in [0.1, 0.15) is 24.1 Å². The Hall–Kier alpha value is -2.45. The Morgan fingerprint density at radius 2 is 2.00 bits per heavy atom. The molecule has 2 rings (SSSR count). The van der Waals surface area contributed by atoms with Gasteiger partial charge in [0.15, 0.2) is 0 Å². The lowest BCUT2D eigenvalue weighted by Gasteiger charge is -2.13. The molecule has 1 atom stereocenters. The van der Waals surface area contributed by atoms with E-state index in [-0.39, 0.29) is 17.2 Å². The Bertz CT molecular complexity index is 781. The quantitative estimate of drug-likeness (QED) is 0.639. The van der Waals surface area contributed by atoms with Crippen molar-refractivity contribution in [2.24, 2.45) is 0 Å². The highest BCUT2D eigenvalue weighted by Crippen LogP contribution is 2.18. The number of nitrogens with one attached hydrogen (secondary N) is 1. The number of carbonyl (C=O) groups is 1. The minimum atomic E-state index is -0.536. The average molecular weight is 373 g/mol. The van der Waals surface area contributed by atoms with Crippen LogP contribution < -0.4 is 5.32 Å². The zero-order chi connectivity index (χ0) is 16.8. The summed E-state index contributed by atoms with van der Waals surface area (Å²) in [6.45, 7) is 1.82. The number of carbonyl (C=O) groups excluding carboxylic acids is 1. The number of hydrogen-bond donors (Lipinski definition) is 1. The first-order valence-corrected chi connectivity index (χ1v) is 7.73. The molecular formula is C18H14BrFN2O. The number of rotatable bonds is 4. The average Bonchev–Trinajstić information content (AvgIpc) is 2.54. The Morgan fingerprint density at radius 1 is 1.30 bits per heavy atom. The van der Waals surface area contributed by atoms with Crippen LogP contribution in [0.2, 0.25) is 0 Å². The van der Waals surface area contributed by atoms with Gasteiger partial charge in [0.2, 0.25) is 0 Å². The predicted octanol–water partition coefficient (Wildman–Crippen LogP) is 4.37. The van der Waals surface area contributed by atoms with E-state index in [0.29, 0.717) is 4.47 Å². The van der Waals surface area contributed by atoms with Gasteiger partial charge in [0.25, 0.3) is 5.91 Å². The van der Waals surface area contributed by atoms with Crippen LogP contribution in [0.5, 0.6) is 0 Å². The van der Waals surface area contributed by atoms with Crippen LogP contribution in [0.25, 0.3) is 6.08 Å². The Labute approximate surface area is 142 Å². The number of hydrogen-bond acceptors (Lipinski definition) is 2. The molecule has 0 aliphatic heterocycles. The second-order valence-corrected chi connectivity index (χ2v) is 5.86. The molecule has 0 saturated heterocycles. The summed E-state index contributed by atoms with van der Waals surface area (Å²) in [5, 5.41) is 11.9. The summed E-state index contributed by atoms with van der Waals surface area (Å²) in [6.07, 6.45) is 1.24. The smallest absolute Gasteiger partial charge is 0.262 e. The van der Waals surface area contributed by atoms with Gasteiger partial charge in [-0.25, -0.2) is 4.39 Å². The van der Waals surface area contributed by atoms with Crippen molar-refractivity contribution in [2.45, 2.75) is 13.0 Å². The predicted molar refractivity (Wildman–Crippen MR) is 90.7 cm³/mol. The minimum Gasteiger partial charge on any atom is -0.345 e. The lowest BCUT2D eigenvalue weighted by Crippen LogP contribution is -2.27. The van der Waals surface area contributed by atoms with Crippen molar-refractivity contribution in [3.63, 3.8) is 0 Å². The third kappa shape index (κ3) is 4.51. The van der Waals surface area contributed by atoms with E-state index in [9.17, 15) is 14.4 Å². The molecule has 0 bridgehead atoms. The maximum atomic E-state index is 13.8. The van der Waals surface area contributed by atoms with Gasteiger partial charge in [-0.05, 0) is 30.7 Å². The molecule has 116 valence electrons. The van der Waals surface area contributed by atoms with Crippen molar-refractivity contribution >= 4 is 27.9 Å². The second-order valence-electron chi connectivity index (χ2n) is 4.94. The van der Waals surface area contributed by atoms with Crippen molar-refractivity contribution in [1.82, 2.24) is 5.32 Å². The lowest BCUT2D eigenvalue weighted by molar-refractivity contribution is -0.117. The summed E-state index contributed by atoms with van der Waals surface area (Å²) in [4.78, 5) is 12.2. The molecule has 0 spiro atoms. The first-order chi connectivity index (χ1) is 11.0. The minimum absolute atomic E-state index is 0.144. The van der Waals surface area contributed by atoms with Gasteiger partial charge in [-0.2, -0.15) is 5.26 Å². The number of benzene rings is 2. The fraction of sp³-hybridized carbons (Fsp3) is 0.111. The van der Waals surface area contributed by atoms with Crippen LogP contribution in [0.3, 0.4) is 0 Å². The van der Waals surface area contributed by atoms with E-state index in [0.717, 1.165) is 5.56 Å². The van der Waals surface area contributed by atoms with Crippen molar-refractivity contribution < 1.29 is 9.18 Å². The molecule has 1 unspecified atom stereocenters. The monoisotopic (exact) mass is 372 g/mol. The highest BCUT2D eigenvalue weighted by Gasteiger charge is 2.14. The molecular weight excluding hydrogens is 359 g/mol. The molecule has 0 aliphatic rings. The fourth-order valence-electron chi connectivity index (χ4n) is 2.02. The molecule has 2 aromatic rings. The van der Waals surface area contributed by atoms with Gasteiger partial charge in [0.05, 0.1) is 6.04 Å². The third-order valence-corrected chi connectivity index (χ3v) is 3.77. The normalized spacial score (nSPS) is 12.3. The van der Waals surface area contributed by atoms with Crippen LogP contribution in [0.15, 0.2) is 58.6 Å². The summed E-state index contributed by atoms with van der Waals surface area (Å²) in [6, 6.07) is 15.4. The maximum absolute atomic E-state index is 13.8. The maximum Gasteiger partial charge on any atom is 0.262 e. The topological polar surface area (TPSA) is 52.9 Å². The van der Waals surface area contributed by atoms with Gasteiger partial charge in [-0.1, -0.05) is 52.3 Å². The highest BCUT2D eigenvalue weighted by molar-refractivity contribution is 9.10. The molecule has 1 N–H and O–H groups in total. The largest absolute Gasteiger partial charge is 0.345 e. The fourth-order valence-corrected chi connectivity index (χ4v) is 2.36. The Kier molecular flexibility index (Phi) is 5.67. The van der Waals surface area contributed by atoms with E-state index in [2.05, 4.69) is 21.2 Å². The standard InChI is InChI=1S/C18H14BrFN2O/c1-12(13-5-3-2-4-6-13)22-18(23)15(11-21)9-14-7-8-16(19)10-17(14)20/h2-10,12H,1H3,(H,22,23)/b15-9-. The molecule has 0 fully saturated rings. The summed E-state index contributed by atoms with van der Waals surface area (Å²) in [5.74, 6) is -1.04. The number of nitriles is 1. The molecule has 0 aliphatic carbocycles. The van der Waals surface area contributed by atoms with Gasteiger partial charge >= 0.3 is 0 Å². The molecule has 1 amide bonds. The van der Waals surface area contributed by atoms with Crippen molar-refractivity contribution in [3.8, 4) is 6.07 Å². The molecule has 23 heavy (non-hydrogen) atoms. The van der Waals surface area contributed by atoms with Crippen LogP contribution >= 0.6 is 15.9 Å².